The van der Waals surface area contributed by atoms with Crippen LogP contribution < -0.4 is 0 Å². The smallest absolute Gasteiger partial charge is 0.273 e. The molecular formula is C7H5F2NO3. The number of nitro benzene ring substituents is 1. The number of hydrogen-bond donors (Lipinski definition) is 1. The number of alkyl halides is 2. The van der Waals surface area contributed by atoms with Crippen molar-refractivity contribution >= 4 is 5.69 Å². The molecule has 0 bridgehead atoms. The van der Waals surface area contributed by atoms with E-state index in [4.69, 9.17) is 5.11 Å². The summed E-state index contributed by atoms with van der Waals surface area (Å²) < 4.78 is 24.1. The summed E-state index contributed by atoms with van der Waals surface area (Å²) in [6.07, 6.45) is -2.83. The highest BCUT2D eigenvalue weighted by molar-refractivity contribution is 5.42. The summed E-state index contributed by atoms with van der Waals surface area (Å²) in [5, 5.41) is 19.0. The van der Waals surface area contributed by atoms with Gasteiger partial charge in [-0.2, -0.15) is 0 Å². The van der Waals surface area contributed by atoms with Crippen LogP contribution in [-0.2, 0) is 0 Å². The molecule has 1 aromatic rings. The molecule has 0 aliphatic rings. The number of halogens is 2. The molecule has 70 valence electrons. The summed E-state index contributed by atoms with van der Waals surface area (Å²) in [5.41, 5.74) is -1.11. The molecule has 0 spiro atoms. The molecule has 0 atom stereocenters. The highest BCUT2D eigenvalue weighted by Gasteiger charge is 2.14. The number of nitro groups is 1. The molecule has 1 N–H and O–H groups in total. The van der Waals surface area contributed by atoms with Crippen LogP contribution in [0.2, 0.25) is 0 Å². The van der Waals surface area contributed by atoms with E-state index in [9.17, 15) is 18.9 Å². The molecule has 0 amide bonds. The summed E-state index contributed by atoms with van der Waals surface area (Å²) >= 11 is 0. The van der Waals surface area contributed by atoms with Crippen molar-refractivity contribution in [2.24, 2.45) is 0 Å². The van der Waals surface area contributed by atoms with Gasteiger partial charge in [0.15, 0.2) is 0 Å². The van der Waals surface area contributed by atoms with Crippen LogP contribution in [-0.4, -0.2) is 10.0 Å². The molecule has 0 fully saturated rings. The number of aromatic hydroxyl groups is 1. The van der Waals surface area contributed by atoms with E-state index in [2.05, 4.69) is 0 Å². The molecular weight excluding hydrogens is 184 g/mol. The average Bonchev–Trinajstić information content (AvgIpc) is 2.03. The number of nitrogens with zero attached hydrogens (tertiary/aromatic N) is 1. The van der Waals surface area contributed by atoms with Gasteiger partial charge in [0, 0.05) is 11.6 Å². The minimum atomic E-state index is -2.83. The predicted molar refractivity (Wildman–Crippen MR) is 39.7 cm³/mol. The van der Waals surface area contributed by atoms with E-state index in [1.165, 1.54) is 0 Å². The third-order valence-electron chi connectivity index (χ3n) is 1.39. The minimum absolute atomic E-state index is 0.537. The first-order chi connectivity index (χ1) is 6.00. The van der Waals surface area contributed by atoms with E-state index in [0.29, 0.717) is 0 Å². The van der Waals surface area contributed by atoms with Gasteiger partial charge in [0.1, 0.15) is 5.75 Å². The van der Waals surface area contributed by atoms with E-state index in [1.807, 2.05) is 0 Å². The second kappa shape index (κ2) is 3.34. The summed E-state index contributed by atoms with van der Waals surface area (Å²) in [6, 6.07) is 2.33. The van der Waals surface area contributed by atoms with Crippen molar-refractivity contribution in [1.82, 2.24) is 0 Å². The second-order valence-corrected chi connectivity index (χ2v) is 2.34. The van der Waals surface area contributed by atoms with Gasteiger partial charge >= 0.3 is 0 Å². The molecule has 0 radical (unpaired) electrons. The minimum Gasteiger partial charge on any atom is -0.508 e. The Labute approximate surface area is 71.6 Å². The Hall–Kier alpha value is -1.72. The van der Waals surface area contributed by atoms with Gasteiger partial charge in [0.05, 0.1) is 11.0 Å². The fourth-order valence-electron chi connectivity index (χ4n) is 0.849. The van der Waals surface area contributed by atoms with Gasteiger partial charge in [0.25, 0.3) is 12.1 Å². The Morgan fingerprint density at radius 3 is 2.46 bits per heavy atom. The fraction of sp³-hybridized carbons (Fsp3) is 0.143. The Bertz CT molecular complexity index is 341. The number of non-ortho nitro benzene ring substituents is 1. The Morgan fingerprint density at radius 1 is 1.38 bits per heavy atom. The third-order valence-corrected chi connectivity index (χ3v) is 1.39. The Balaban J connectivity index is 3.19. The largest absolute Gasteiger partial charge is 0.508 e. The molecule has 0 heterocycles. The zero-order valence-electron chi connectivity index (χ0n) is 6.28. The SMILES string of the molecule is O=[N+]([O-])c1cc(O)cc(C(F)F)c1. The highest BCUT2D eigenvalue weighted by Crippen LogP contribution is 2.27. The zero-order valence-corrected chi connectivity index (χ0v) is 6.28. The Morgan fingerprint density at radius 2 is 2.00 bits per heavy atom. The number of benzene rings is 1. The predicted octanol–water partition coefficient (Wildman–Crippen LogP) is 2.24. The molecule has 6 heteroatoms. The van der Waals surface area contributed by atoms with Gasteiger partial charge in [-0.05, 0) is 6.07 Å². The normalized spacial score (nSPS) is 10.4. The molecule has 0 saturated carbocycles. The topological polar surface area (TPSA) is 63.4 Å². The van der Waals surface area contributed by atoms with Crippen molar-refractivity contribution in [3.05, 3.63) is 33.9 Å². The van der Waals surface area contributed by atoms with Crippen molar-refractivity contribution in [3.8, 4) is 5.75 Å². The van der Waals surface area contributed by atoms with Crippen molar-refractivity contribution in [3.63, 3.8) is 0 Å². The standard InChI is InChI=1S/C7H5F2NO3/c8-7(9)4-1-5(10(12)13)3-6(11)2-4/h1-3,7,11H. The maximum absolute atomic E-state index is 12.1. The van der Waals surface area contributed by atoms with E-state index in [1.54, 1.807) is 0 Å². The molecule has 0 aliphatic heterocycles. The van der Waals surface area contributed by atoms with Crippen molar-refractivity contribution in [2.75, 3.05) is 0 Å². The van der Waals surface area contributed by atoms with Gasteiger partial charge in [-0.25, -0.2) is 8.78 Å². The quantitative estimate of drug-likeness (QED) is 0.573. The summed E-state index contributed by atoms with van der Waals surface area (Å²) in [5.74, 6) is -0.537. The monoisotopic (exact) mass is 189 g/mol. The van der Waals surface area contributed by atoms with Gasteiger partial charge in [-0.3, -0.25) is 10.1 Å². The molecule has 4 nitrogen and oxygen atoms in total. The number of phenols is 1. The number of phenolic OH excluding ortho intramolecular Hbond substituents is 1. The maximum Gasteiger partial charge on any atom is 0.273 e. The second-order valence-electron chi connectivity index (χ2n) is 2.34. The van der Waals surface area contributed by atoms with Crippen LogP contribution in [0.25, 0.3) is 0 Å². The maximum atomic E-state index is 12.1. The summed E-state index contributed by atoms with van der Waals surface area (Å²) in [7, 11) is 0. The molecule has 1 rings (SSSR count). The van der Waals surface area contributed by atoms with Gasteiger partial charge in [-0.15, -0.1) is 0 Å². The molecule has 0 aliphatic carbocycles. The summed E-state index contributed by atoms with van der Waals surface area (Å²) in [4.78, 5) is 9.34. The van der Waals surface area contributed by atoms with Gasteiger partial charge < -0.3 is 5.11 Å². The third kappa shape index (κ3) is 2.11. The Kier molecular flexibility index (Phi) is 2.41. The van der Waals surface area contributed by atoms with Crippen LogP contribution in [0.5, 0.6) is 5.75 Å². The van der Waals surface area contributed by atoms with E-state index in [0.717, 1.165) is 18.2 Å². The lowest BCUT2D eigenvalue weighted by Crippen LogP contribution is -1.91. The molecule has 0 aromatic heterocycles. The lowest BCUT2D eigenvalue weighted by Gasteiger charge is -1.99. The van der Waals surface area contributed by atoms with Crippen LogP contribution in [0, 0.1) is 10.1 Å². The average molecular weight is 189 g/mol. The van der Waals surface area contributed by atoms with Crippen LogP contribution in [0.15, 0.2) is 18.2 Å². The first-order valence-electron chi connectivity index (χ1n) is 3.27. The number of rotatable bonds is 2. The molecule has 13 heavy (non-hydrogen) atoms. The molecule has 0 saturated heterocycles. The lowest BCUT2D eigenvalue weighted by molar-refractivity contribution is -0.385. The van der Waals surface area contributed by atoms with Crippen LogP contribution in [0.1, 0.15) is 12.0 Å². The van der Waals surface area contributed by atoms with Crippen molar-refractivity contribution in [1.29, 1.82) is 0 Å². The fourth-order valence-corrected chi connectivity index (χ4v) is 0.849. The highest BCUT2D eigenvalue weighted by atomic mass is 19.3. The van der Waals surface area contributed by atoms with Crippen LogP contribution >= 0.6 is 0 Å². The van der Waals surface area contributed by atoms with E-state index < -0.39 is 28.3 Å². The molecule has 1 aromatic carbocycles. The number of hydrogen-bond acceptors (Lipinski definition) is 3. The molecule has 0 unspecified atom stereocenters. The lowest BCUT2D eigenvalue weighted by atomic mass is 10.2. The van der Waals surface area contributed by atoms with Crippen LogP contribution in [0.4, 0.5) is 14.5 Å². The summed E-state index contributed by atoms with van der Waals surface area (Å²) in [6.45, 7) is 0. The first-order valence-corrected chi connectivity index (χ1v) is 3.27. The van der Waals surface area contributed by atoms with Crippen molar-refractivity contribution in [2.45, 2.75) is 6.43 Å². The van der Waals surface area contributed by atoms with Crippen LogP contribution in [0.3, 0.4) is 0 Å². The van der Waals surface area contributed by atoms with Gasteiger partial charge in [0.2, 0.25) is 0 Å². The zero-order chi connectivity index (χ0) is 10.0. The van der Waals surface area contributed by atoms with Gasteiger partial charge in [-0.1, -0.05) is 0 Å². The van der Waals surface area contributed by atoms with E-state index in [-0.39, 0.29) is 0 Å². The van der Waals surface area contributed by atoms with Crippen molar-refractivity contribution < 1.29 is 18.8 Å². The van der Waals surface area contributed by atoms with E-state index >= 15 is 0 Å². The first kappa shape index (κ1) is 9.37.